The summed E-state index contributed by atoms with van der Waals surface area (Å²) in [6, 6.07) is 0. The van der Waals surface area contributed by atoms with Crippen molar-refractivity contribution in [3.8, 4) is 0 Å². The van der Waals surface area contributed by atoms with Gasteiger partial charge in [0.15, 0.2) is 0 Å². The van der Waals surface area contributed by atoms with E-state index in [1.165, 1.54) is 11.1 Å². The first kappa shape index (κ1) is 7.81. The molecule has 0 aliphatic heterocycles. The van der Waals surface area contributed by atoms with Gasteiger partial charge in [0.05, 0.1) is 6.10 Å². The molecule has 0 aromatic heterocycles. The average molecular weight is 162 g/mol. The molecule has 0 amide bonds. The molecule has 0 spiro atoms. The van der Waals surface area contributed by atoms with Gasteiger partial charge in [-0.2, -0.15) is 0 Å². The molecule has 0 aromatic carbocycles. The molecule has 0 aromatic rings. The summed E-state index contributed by atoms with van der Waals surface area (Å²) >= 11 is 0. The van der Waals surface area contributed by atoms with E-state index in [0.29, 0.717) is 11.8 Å². The molecule has 0 heterocycles. The minimum atomic E-state index is -0.168. The lowest BCUT2D eigenvalue weighted by Crippen LogP contribution is -1.96. The zero-order chi connectivity index (χ0) is 8.72. The lowest BCUT2D eigenvalue weighted by Gasteiger charge is -2.10. The van der Waals surface area contributed by atoms with Crippen LogP contribution in [0.25, 0.3) is 0 Å². The van der Waals surface area contributed by atoms with E-state index in [2.05, 4.69) is 32.1 Å². The Balaban J connectivity index is 2.31. The largest absolute Gasteiger partial charge is 0.388 e. The number of aliphatic hydroxyl groups excluding tert-OH is 1. The fourth-order valence-corrected chi connectivity index (χ4v) is 1.81. The van der Waals surface area contributed by atoms with E-state index in [-0.39, 0.29) is 6.10 Å². The minimum absolute atomic E-state index is 0.168. The molecule has 1 fully saturated rings. The summed E-state index contributed by atoms with van der Waals surface area (Å²) in [4.78, 5) is 0. The van der Waals surface area contributed by atoms with E-state index < -0.39 is 0 Å². The highest BCUT2D eigenvalue weighted by molar-refractivity contribution is 5.46. The summed E-state index contributed by atoms with van der Waals surface area (Å²) in [5, 5.41) is 9.45. The van der Waals surface area contributed by atoms with Crippen LogP contribution in [0.3, 0.4) is 0 Å². The first-order valence-corrected chi connectivity index (χ1v) is 4.48. The second kappa shape index (κ2) is 2.60. The van der Waals surface area contributed by atoms with Crippen LogP contribution in [0.15, 0.2) is 35.5 Å². The molecule has 1 heteroatoms. The van der Waals surface area contributed by atoms with Crippen molar-refractivity contribution in [2.75, 3.05) is 0 Å². The van der Waals surface area contributed by atoms with E-state index in [0.717, 1.165) is 0 Å². The Morgan fingerprint density at radius 2 is 1.92 bits per heavy atom. The van der Waals surface area contributed by atoms with Crippen molar-refractivity contribution in [3.05, 3.63) is 35.5 Å². The van der Waals surface area contributed by atoms with Crippen molar-refractivity contribution in [3.63, 3.8) is 0 Å². The molecule has 2 aliphatic rings. The predicted octanol–water partition coefficient (Wildman–Crippen LogP) is 2.06. The SMILES string of the molecule is CC1C=CC=C/C1=C1\C(C)C1O. The van der Waals surface area contributed by atoms with Crippen molar-refractivity contribution in [2.24, 2.45) is 11.8 Å². The van der Waals surface area contributed by atoms with Gasteiger partial charge in [0.1, 0.15) is 0 Å². The Kier molecular flexibility index (Phi) is 1.69. The van der Waals surface area contributed by atoms with Crippen LogP contribution in [0.1, 0.15) is 13.8 Å². The van der Waals surface area contributed by atoms with E-state index in [1.807, 2.05) is 6.08 Å². The smallest absolute Gasteiger partial charge is 0.0823 e. The molecule has 2 aliphatic carbocycles. The number of rotatable bonds is 0. The number of allylic oxidation sites excluding steroid dienone is 5. The quantitative estimate of drug-likeness (QED) is 0.578. The second-order valence-corrected chi connectivity index (χ2v) is 3.68. The van der Waals surface area contributed by atoms with Gasteiger partial charge in [0.25, 0.3) is 0 Å². The van der Waals surface area contributed by atoms with Crippen molar-refractivity contribution < 1.29 is 5.11 Å². The van der Waals surface area contributed by atoms with Crippen LogP contribution in [0, 0.1) is 11.8 Å². The summed E-state index contributed by atoms with van der Waals surface area (Å²) in [7, 11) is 0. The summed E-state index contributed by atoms with van der Waals surface area (Å²) in [6.07, 6.45) is 8.22. The summed E-state index contributed by atoms with van der Waals surface area (Å²) < 4.78 is 0. The third-order valence-corrected chi connectivity index (χ3v) is 2.78. The molecule has 1 N–H and O–H groups in total. The first-order valence-electron chi connectivity index (χ1n) is 4.48. The molecule has 3 unspecified atom stereocenters. The molecule has 0 radical (unpaired) electrons. The van der Waals surface area contributed by atoms with Gasteiger partial charge in [0.2, 0.25) is 0 Å². The van der Waals surface area contributed by atoms with Crippen molar-refractivity contribution >= 4 is 0 Å². The van der Waals surface area contributed by atoms with Gasteiger partial charge in [0, 0.05) is 5.92 Å². The van der Waals surface area contributed by atoms with Crippen LogP contribution in [0.4, 0.5) is 0 Å². The van der Waals surface area contributed by atoms with E-state index in [9.17, 15) is 5.11 Å². The Morgan fingerprint density at radius 3 is 2.42 bits per heavy atom. The average Bonchev–Trinajstić information content (AvgIpc) is 2.62. The zero-order valence-electron chi connectivity index (χ0n) is 7.49. The van der Waals surface area contributed by atoms with Gasteiger partial charge < -0.3 is 5.11 Å². The first-order chi connectivity index (χ1) is 5.72. The Morgan fingerprint density at radius 1 is 1.25 bits per heavy atom. The van der Waals surface area contributed by atoms with Crippen LogP contribution in [0.2, 0.25) is 0 Å². The van der Waals surface area contributed by atoms with Gasteiger partial charge in [-0.15, -0.1) is 0 Å². The maximum Gasteiger partial charge on any atom is 0.0823 e. The van der Waals surface area contributed by atoms with Crippen LogP contribution in [0.5, 0.6) is 0 Å². The second-order valence-electron chi connectivity index (χ2n) is 3.68. The van der Waals surface area contributed by atoms with Crippen LogP contribution in [-0.2, 0) is 0 Å². The van der Waals surface area contributed by atoms with Crippen molar-refractivity contribution in [1.29, 1.82) is 0 Å². The van der Waals surface area contributed by atoms with Gasteiger partial charge in [-0.05, 0) is 17.1 Å². The highest BCUT2D eigenvalue weighted by Crippen LogP contribution is 2.43. The van der Waals surface area contributed by atoms with Crippen LogP contribution < -0.4 is 0 Å². The van der Waals surface area contributed by atoms with Crippen molar-refractivity contribution in [2.45, 2.75) is 20.0 Å². The van der Waals surface area contributed by atoms with Gasteiger partial charge in [-0.25, -0.2) is 0 Å². The maximum atomic E-state index is 9.45. The van der Waals surface area contributed by atoms with Crippen LogP contribution >= 0.6 is 0 Å². The third-order valence-electron chi connectivity index (χ3n) is 2.78. The number of hydrogen-bond acceptors (Lipinski definition) is 1. The summed E-state index contributed by atoms with van der Waals surface area (Å²) in [6.45, 7) is 4.24. The lowest BCUT2D eigenvalue weighted by molar-refractivity contribution is 0.271. The van der Waals surface area contributed by atoms with E-state index in [1.54, 1.807) is 0 Å². The van der Waals surface area contributed by atoms with E-state index >= 15 is 0 Å². The molecular weight excluding hydrogens is 148 g/mol. The monoisotopic (exact) mass is 162 g/mol. The molecule has 3 atom stereocenters. The molecule has 2 rings (SSSR count). The fraction of sp³-hybridized carbons (Fsp3) is 0.455. The van der Waals surface area contributed by atoms with Crippen LogP contribution in [-0.4, -0.2) is 11.2 Å². The molecular formula is C11H14O. The normalized spacial score (nSPS) is 45.1. The predicted molar refractivity (Wildman–Crippen MR) is 49.6 cm³/mol. The molecule has 0 bridgehead atoms. The fourth-order valence-electron chi connectivity index (χ4n) is 1.81. The highest BCUT2D eigenvalue weighted by atomic mass is 16.3. The van der Waals surface area contributed by atoms with Crippen molar-refractivity contribution in [1.82, 2.24) is 0 Å². The molecule has 1 nitrogen and oxygen atoms in total. The molecule has 1 saturated carbocycles. The lowest BCUT2D eigenvalue weighted by atomic mass is 9.95. The van der Waals surface area contributed by atoms with Gasteiger partial charge >= 0.3 is 0 Å². The molecule has 0 saturated heterocycles. The number of aliphatic hydroxyl groups is 1. The number of hydrogen-bond donors (Lipinski definition) is 1. The van der Waals surface area contributed by atoms with Gasteiger partial charge in [-0.1, -0.05) is 38.2 Å². The Bertz CT molecular complexity index is 273. The topological polar surface area (TPSA) is 20.2 Å². The maximum absolute atomic E-state index is 9.45. The highest BCUT2D eigenvalue weighted by Gasteiger charge is 2.41. The van der Waals surface area contributed by atoms with E-state index in [4.69, 9.17) is 0 Å². The van der Waals surface area contributed by atoms with Gasteiger partial charge in [-0.3, -0.25) is 0 Å². The summed E-state index contributed by atoms with van der Waals surface area (Å²) in [5.74, 6) is 0.864. The molecule has 12 heavy (non-hydrogen) atoms. The Hall–Kier alpha value is -0.820. The standard InChI is InChI=1S/C11H14O/c1-7-5-3-4-6-9(7)10-8(2)11(10)12/h3-8,11-12H,1-2H3/b10-9-. The summed E-state index contributed by atoms with van der Waals surface area (Å²) in [5.41, 5.74) is 2.56. The molecule has 64 valence electrons. The zero-order valence-corrected chi connectivity index (χ0v) is 7.49. The third kappa shape index (κ3) is 1.05. The minimum Gasteiger partial charge on any atom is -0.388 e. The Labute approximate surface area is 73.1 Å².